The van der Waals surface area contributed by atoms with Crippen LogP contribution in [0.15, 0.2) is 48.5 Å². The lowest BCUT2D eigenvalue weighted by molar-refractivity contribution is 0.221. The summed E-state index contributed by atoms with van der Waals surface area (Å²) in [5.41, 5.74) is 2.85. The highest BCUT2D eigenvalue weighted by molar-refractivity contribution is 6.08. The van der Waals surface area contributed by atoms with Crippen molar-refractivity contribution in [3.05, 3.63) is 54.1 Å². The van der Waals surface area contributed by atoms with Gasteiger partial charge in [-0.1, -0.05) is 31.2 Å². The summed E-state index contributed by atoms with van der Waals surface area (Å²) in [7, 11) is 0. The molecule has 2 amide bonds. The molecule has 0 aromatic heterocycles. The molecule has 0 radical (unpaired) electrons. The van der Waals surface area contributed by atoms with E-state index in [0.717, 1.165) is 17.2 Å². The third kappa shape index (κ3) is 1.98. The summed E-state index contributed by atoms with van der Waals surface area (Å²) >= 11 is 0. The standard InChI is InChI=1S/C15H15N3O2/c1-2-11-6-5-7-12(10-11)17-15(19)16-13-8-3-4-9-14(13)18(17)20/h3-10,20H,2H2,1H3,(H,16,19). The predicted molar refractivity (Wildman–Crippen MR) is 78.0 cm³/mol. The monoisotopic (exact) mass is 269 g/mol. The third-order valence-corrected chi connectivity index (χ3v) is 3.31. The number of hydrogen-bond acceptors (Lipinski definition) is 3. The van der Waals surface area contributed by atoms with Crippen LogP contribution in [0.3, 0.4) is 0 Å². The SMILES string of the molecule is CCc1cccc(N2C(=O)Nc3ccccc3N2O)c1. The van der Waals surface area contributed by atoms with E-state index in [1.165, 1.54) is 5.01 Å². The third-order valence-electron chi connectivity index (χ3n) is 3.31. The number of rotatable bonds is 2. The fourth-order valence-electron chi connectivity index (χ4n) is 2.25. The molecule has 1 aliphatic heterocycles. The van der Waals surface area contributed by atoms with E-state index in [4.69, 9.17) is 0 Å². The van der Waals surface area contributed by atoms with Crippen molar-refractivity contribution in [3.63, 3.8) is 0 Å². The Hall–Kier alpha value is -2.53. The van der Waals surface area contributed by atoms with Crippen molar-refractivity contribution >= 4 is 23.1 Å². The van der Waals surface area contributed by atoms with Gasteiger partial charge in [-0.15, -0.1) is 0 Å². The van der Waals surface area contributed by atoms with Gasteiger partial charge < -0.3 is 5.32 Å². The number of hydrazine groups is 1. The number of anilines is 3. The van der Waals surface area contributed by atoms with E-state index >= 15 is 0 Å². The molecule has 0 bridgehead atoms. The number of carbonyl (C=O) groups is 1. The number of aryl methyl sites for hydroxylation is 1. The van der Waals surface area contributed by atoms with Crippen LogP contribution >= 0.6 is 0 Å². The van der Waals surface area contributed by atoms with Crippen molar-refractivity contribution in [1.29, 1.82) is 0 Å². The number of nitrogens with one attached hydrogen (secondary N) is 1. The minimum absolute atomic E-state index is 0.389. The molecule has 0 atom stereocenters. The summed E-state index contributed by atoms with van der Waals surface area (Å²) in [5.74, 6) is 0. The zero-order valence-corrected chi connectivity index (χ0v) is 11.1. The molecule has 0 saturated carbocycles. The fraction of sp³-hybridized carbons (Fsp3) is 0.133. The number of para-hydroxylation sites is 2. The zero-order chi connectivity index (χ0) is 14.1. The Labute approximate surface area is 117 Å². The smallest absolute Gasteiger partial charge is 0.304 e. The highest BCUT2D eigenvalue weighted by Crippen LogP contribution is 2.32. The summed E-state index contributed by atoms with van der Waals surface area (Å²) in [6.07, 6.45) is 0.866. The second-order valence-corrected chi connectivity index (χ2v) is 4.57. The minimum atomic E-state index is -0.389. The number of urea groups is 1. The van der Waals surface area contributed by atoms with Gasteiger partial charge in [0, 0.05) is 0 Å². The highest BCUT2D eigenvalue weighted by Gasteiger charge is 2.30. The van der Waals surface area contributed by atoms with Gasteiger partial charge in [0.05, 0.1) is 11.4 Å². The van der Waals surface area contributed by atoms with Crippen molar-refractivity contribution in [3.8, 4) is 0 Å². The van der Waals surface area contributed by atoms with E-state index < -0.39 is 0 Å². The van der Waals surface area contributed by atoms with Gasteiger partial charge in [-0.3, -0.25) is 5.21 Å². The first-order chi connectivity index (χ1) is 9.70. The molecule has 20 heavy (non-hydrogen) atoms. The van der Waals surface area contributed by atoms with E-state index in [9.17, 15) is 10.0 Å². The molecule has 1 aliphatic rings. The number of hydrogen-bond donors (Lipinski definition) is 2. The predicted octanol–water partition coefficient (Wildman–Crippen LogP) is 3.41. The van der Waals surface area contributed by atoms with Gasteiger partial charge in [0.2, 0.25) is 0 Å². The molecular formula is C15H15N3O2. The van der Waals surface area contributed by atoms with Crippen LogP contribution in [0, 0.1) is 0 Å². The molecule has 0 saturated heterocycles. The maximum absolute atomic E-state index is 12.2. The number of nitrogens with zero attached hydrogens (tertiary/aromatic N) is 2. The normalized spacial score (nSPS) is 14.0. The quantitative estimate of drug-likeness (QED) is 0.878. The number of benzene rings is 2. The van der Waals surface area contributed by atoms with Gasteiger partial charge in [-0.2, -0.15) is 10.2 Å². The largest absolute Gasteiger partial charge is 0.347 e. The Kier molecular flexibility index (Phi) is 3.04. The van der Waals surface area contributed by atoms with Crippen LogP contribution in [0.2, 0.25) is 0 Å². The number of carbonyl (C=O) groups excluding carboxylic acids is 1. The minimum Gasteiger partial charge on any atom is -0.304 e. The van der Waals surface area contributed by atoms with Crippen LogP contribution in [-0.4, -0.2) is 11.2 Å². The number of amides is 2. The molecule has 2 N–H and O–H groups in total. The summed E-state index contributed by atoms with van der Waals surface area (Å²) in [6, 6.07) is 14.2. The Bertz CT molecular complexity index is 657. The maximum Gasteiger partial charge on any atom is 0.347 e. The molecule has 0 spiro atoms. The van der Waals surface area contributed by atoms with Gasteiger partial charge in [0.15, 0.2) is 0 Å². The molecule has 0 fully saturated rings. The molecule has 1 heterocycles. The Morgan fingerprint density at radius 3 is 2.75 bits per heavy atom. The zero-order valence-electron chi connectivity index (χ0n) is 11.1. The number of fused-ring (bicyclic) bond motifs is 1. The van der Waals surface area contributed by atoms with E-state index in [2.05, 4.69) is 5.32 Å². The Morgan fingerprint density at radius 2 is 1.95 bits per heavy atom. The van der Waals surface area contributed by atoms with Gasteiger partial charge in [-0.25, -0.2) is 4.79 Å². The summed E-state index contributed by atoms with van der Waals surface area (Å²) < 4.78 is 0. The van der Waals surface area contributed by atoms with Crippen LogP contribution in [-0.2, 0) is 6.42 Å². The van der Waals surface area contributed by atoms with Crippen LogP contribution in [0.1, 0.15) is 12.5 Å². The average Bonchev–Trinajstić information content (AvgIpc) is 2.47. The highest BCUT2D eigenvalue weighted by atomic mass is 16.6. The van der Waals surface area contributed by atoms with Gasteiger partial charge in [0.25, 0.3) is 0 Å². The second-order valence-electron chi connectivity index (χ2n) is 4.57. The molecule has 3 rings (SSSR count). The van der Waals surface area contributed by atoms with Gasteiger partial charge in [-0.05, 0) is 36.2 Å². The van der Waals surface area contributed by atoms with Crippen molar-refractivity contribution in [2.75, 3.05) is 15.5 Å². The molecule has 0 unspecified atom stereocenters. The van der Waals surface area contributed by atoms with Crippen LogP contribution in [0.25, 0.3) is 0 Å². The first-order valence-electron chi connectivity index (χ1n) is 6.48. The summed E-state index contributed by atoms with van der Waals surface area (Å²) in [5, 5.41) is 15.2. The summed E-state index contributed by atoms with van der Waals surface area (Å²) in [6.45, 7) is 2.04. The van der Waals surface area contributed by atoms with E-state index in [-0.39, 0.29) is 6.03 Å². The first-order valence-corrected chi connectivity index (χ1v) is 6.48. The molecule has 0 aliphatic carbocycles. The van der Waals surface area contributed by atoms with Crippen molar-refractivity contribution in [2.24, 2.45) is 0 Å². The summed E-state index contributed by atoms with van der Waals surface area (Å²) in [4.78, 5) is 12.2. The fourth-order valence-corrected chi connectivity index (χ4v) is 2.25. The maximum atomic E-state index is 12.2. The lowest BCUT2D eigenvalue weighted by Crippen LogP contribution is -2.51. The van der Waals surface area contributed by atoms with Gasteiger partial charge in [0.1, 0.15) is 5.69 Å². The molecule has 2 aromatic rings. The first kappa shape index (κ1) is 12.5. The molecule has 2 aromatic carbocycles. The van der Waals surface area contributed by atoms with Crippen molar-refractivity contribution < 1.29 is 10.0 Å². The van der Waals surface area contributed by atoms with E-state index in [0.29, 0.717) is 17.1 Å². The van der Waals surface area contributed by atoms with Crippen LogP contribution < -0.4 is 15.5 Å². The Balaban J connectivity index is 2.04. The molecule has 5 nitrogen and oxygen atoms in total. The van der Waals surface area contributed by atoms with Crippen LogP contribution in [0.4, 0.5) is 21.9 Å². The van der Waals surface area contributed by atoms with Crippen molar-refractivity contribution in [1.82, 2.24) is 0 Å². The van der Waals surface area contributed by atoms with E-state index in [1.54, 1.807) is 30.3 Å². The molecule has 5 heteroatoms. The van der Waals surface area contributed by atoms with Crippen LogP contribution in [0.5, 0.6) is 0 Å². The Morgan fingerprint density at radius 1 is 1.15 bits per heavy atom. The second kappa shape index (κ2) is 4.86. The molecule has 102 valence electrons. The topological polar surface area (TPSA) is 55.8 Å². The average molecular weight is 269 g/mol. The lowest BCUT2D eigenvalue weighted by Gasteiger charge is -2.36. The van der Waals surface area contributed by atoms with Crippen molar-refractivity contribution in [2.45, 2.75) is 13.3 Å². The van der Waals surface area contributed by atoms with E-state index in [1.807, 2.05) is 25.1 Å². The van der Waals surface area contributed by atoms with Gasteiger partial charge >= 0.3 is 6.03 Å². The lowest BCUT2D eigenvalue weighted by atomic mass is 10.1. The molecular weight excluding hydrogens is 254 g/mol.